The van der Waals surface area contributed by atoms with Crippen LogP contribution in [0.4, 0.5) is 0 Å². The van der Waals surface area contributed by atoms with E-state index in [-0.39, 0.29) is 5.69 Å². The molecule has 6 rings (SSSR count). The van der Waals surface area contributed by atoms with E-state index < -0.39 is 5.97 Å². The topological polar surface area (TPSA) is 80.5 Å². The average molecular weight is 551 g/mol. The molecule has 1 fully saturated rings. The second-order valence-electron chi connectivity index (χ2n) is 11.4. The fourth-order valence-corrected chi connectivity index (χ4v) is 6.41. The summed E-state index contributed by atoms with van der Waals surface area (Å²) >= 11 is 0. The van der Waals surface area contributed by atoms with Crippen molar-refractivity contribution >= 4 is 5.97 Å². The van der Waals surface area contributed by atoms with Crippen molar-refractivity contribution in [3.05, 3.63) is 88.7 Å². The Labute approximate surface area is 241 Å². The molecule has 7 nitrogen and oxygen atoms in total. The van der Waals surface area contributed by atoms with Crippen LogP contribution in [0.5, 0.6) is 5.75 Å². The lowest BCUT2D eigenvalue weighted by atomic mass is 9.95. The minimum atomic E-state index is -1.02. The van der Waals surface area contributed by atoms with Crippen LogP contribution < -0.4 is 4.74 Å². The molecule has 1 aliphatic heterocycles. The van der Waals surface area contributed by atoms with Gasteiger partial charge in [-0.05, 0) is 66.6 Å². The van der Waals surface area contributed by atoms with Gasteiger partial charge in [-0.2, -0.15) is 0 Å². The lowest BCUT2D eigenvalue weighted by Crippen LogP contribution is -2.39. The number of hydrogen-bond acceptors (Lipinski definition) is 5. The van der Waals surface area contributed by atoms with Crippen molar-refractivity contribution in [3.8, 4) is 28.5 Å². The van der Waals surface area contributed by atoms with Crippen LogP contribution in [0.2, 0.25) is 0 Å². The van der Waals surface area contributed by atoms with Crippen LogP contribution in [-0.4, -0.2) is 43.1 Å². The predicted molar refractivity (Wildman–Crippen MR) is 160 cm³/mol. The van der Waals surface area contributed by atoms with Gasteiger partial charge in [0, 0.05) is 31.7 Å². The highest BCUT2D eigenvalue weighted by molar-refractivity contribution is 5.86. The number of aromatic carboxylic acids is 1. The molecule has 0 saturated heterocycles. The molecule has 1 saturated carbocycles. The highest BCUT2D eigenvalue weighted by Gasteiger charge is 2.24. The zero-order chi connectivity index (χ0) is 28.3. The molecule has 2 aromatic heterocycles. The van der Waals surface area contributed by atoms with E-state index in [1.165, 1.54) is 61.4 Å². The Morgan fingerprint density at radius 2 is 1.78 bits per heavy atom. The Balaban J connectivity index is 1.20. The van der Waals surface area contributed by atoms with E-state index in [1.807, 2.05) is 30.3 Å². The number of pyridine rings is 1. The van der Waals surface area contributed by atoms with Gasteiger partial charge in [-0.25, -0.2) is 14.8 Å². The number of carbonyl (C=O) groups is 1. The van der Waals surface area contributed by atoms with Gasteiger partial charge in [-0.3, -0.25) is 4.90 Å². The summed E-state index contributed by atoms with van der Waals surface area (Å²) in [6.07, 6.45) is 10.7. The van der Waals surface area contributed by atoms with Crippen LogP contribution in [0.1, 0.15) is 71.3 Å². The second kappa shape index (κ2) is 11.9. The van der Waals surface area contributed by atoms with E-state index in [0.717, 1.165) is 48.1 Å². The van der Waals surface area contributed by atoms with Crippen LogP contribution in [0.25, 0.3) is 22.8 Å². The van der Waals surface area contributed by atoms with E-state index >= 15 is 0 Å². The normalized spacial score (nSPS) is 16.2. The van der Waals surface area contributed by atoms with E-state index in [0.29, 0.717) is 18.1 Å². The zero-order valence-corrected chi connectivity index (χ0v) is 24.0. The number of carboxylic acid groups (broad SMARTS) is 1. The number of nitrogens with zero attached hydrogens (tertiary/aromatic N) is 4. The summed E-state index contributed by atoms with van der Waals surface area (Å²) < 4.78 is 8.04. The van der Waals surface area contributed by atoms with Crippen molar-refractivity contribution in [1.82, 2.24) is 19.4 Å². The molecule has 3 heterocycles. The van der Waals surface area contributed by atoms with E-state index in [2.05, 4.69) is 41.1 Å². The summed E-state index contributed by atoms with van der Waals surface area (Å²) in [6.45, 7) is 4.75. The number of benzene rings is 2. The summed E-state index contributed by atoms with van der Waals surface area (Å²) in [5, 5.41) is 9.42. The molecule has 0 radical (unpaired) electrons. The first-order chi connectivity index (χ1) is 20.0. The third kappa shape index (κ3) is 5.77. The highest BCUT2D eigenvalue weighted by Crippen LogP contribution is 2.34. The van der Waals surface area contributed by atoms with Gasteiger partial charge in [0.2, 0.25) is 0 Å². The van der Waals surface area contributed by atoms with Crippen LogP contribution in [-0.2, 0) is 26.6 Å². The minimum absolute atomic E-state index is 0.119. The van der Waals surface area contributed by atoms with E-state index in [4.69, 9.17) is 9.72 Å². The number of aryl methyl sites for hydroxylation is 1. The summed E-state index contributed by atoms with van der Waals surface area (Å²) in [5.74, 6) is 0.294. The molecule has 0 amide bonds. The van der Waals surface area contributed by atoms with Gasteiger partial charge >= 0.3 is 5.97 Å². The SMILES string of the molecule is Cc1cccc(-c2cccc(-c3ncc(C(=O)O)n3C)n2)c1OCc1ccc2c(c1)CCN(C1CCCCCC1)C2. The standard InChI is InChI=1S/C34H38N4O3/c1-23-9-7-12-28(29-13-8-14-30(36-29)33-35-20-31(34(39)40)37(33)2)32(23)41-22-24-15-16-26-21-38(18-17-25(26)19-24)27-10-5-3-4-6-11-27/h7-9,12-16,19-20,27H,3-6,10-11,17-18,21-22H2,1-2H3,(H,39,40). The molecule has 2 aromatic carbocycles. The predicted octanol–water partition coefficient (Wildman–Crippen LogP) is 6.82. The maximum absolute atomic E-state index is 11.5. The van der Waals surface area contributed by atoms with Gasteiger partial charge < -0.3 is 14.4 Å². The molecule has 1 N–H and O–H groups in total. The number of ether oxygens (including phenoxy) is 1. The Morgan fingerprint density at radius 1 is 1.00 bits per heavy atom. The number of para-hydroxylation sites is 1. The molecule has 212 valence electrons. The van der Waals surface area contributed by atoms with Gasteiger partial charge in [0.15, 0.2) is 5.82 Å². The minimum Gasteiger partial charge on any atom is -0.488 e. The molecular formula is C34H38N4O3. The van der Waals surface area contributed by atoms with Crippen molar-refractivity contribution in [1.29, 1.82) is 0 Å². The fraction of sp³-hybridized carbons (Fsp3) is 0.382. The number of fused-ring (bicyclic) bond motifs is 1. The number of rotatable bonds is 7. The van der Waals surface area contributed by atoms with Crippen LogP contribution in [0.15, 0.2) is 60.8 Å². The smallest absolute Gasteiger partial charge is 0.354 e. The molecule has 4 aromatic rings. The van der Waals surface area contributed by atoms with Crippen molar-refractivity contribution in [2.45, 2.75) is 71.1 Å². The van der Waals surface area contributed by atoms with Crippen LogP contribution in [0.3, 0.4) is 0 Å². The number of hydrogen-bond donors (Lipinski definition) is 1. The van der Waals surface area contributed by atoms with Gasteiger partial charge in [0.25, 0.3) is 0 Å². The molecule has 0 atom stereocenters. The maximum Gasteiger partial charge on any atom is 0.354 e. The number of imidazole rings is 1. The number of carboxylic acids is 1. The molecule has 0 spiro atoms. The monoisotopic (exact) mass is 550 g/mol. The Kier molecular flexibility index (Phi) is 7.88. The molecule has 2 aliphatic rings. The fourth-order valence-electron chi connectivity index (χ4n) is 6.41. The summed E-state index contributed by atoms with van der Waals surface area (Å²) in [5.41, 5.74) is 7.51. The maximum atomic E-state index is 11.5. The first-order valence-corrected chi connectivity index (χ1v) is 14.8. The summed E-state index contributed by atoms with van der Waals surface area (Å²) in [4.78, 5) is 23.4. The molecule has 7 heteroatoms. The van der Waals surface area contributed by atoms with Crippen molar-refractivity contribution in [2.24, 2.45) is 7.05 Å². The summed E-state index contributed by atoms with van der Waals surface area (Å²) in [7, 11) is 1.69. The molecule has 0 bridgehead atoms. The van der Waals surface area contributed by atoms with Crippen molar-refractivity contribution in [2.75, 3.05) is 6.54 Å². The Morgan fingerprint density at radius 3 is 2.56 bits per heavy atom. The molecule has 0 unspecified atom stereocenters. The second-order valence-corrected chi connectivity index (χ2v) is 11.4. The van der Waals surface area contributed by atoms with Crippen molar-refractivity contribution < 1.29 is 14.6 Å². The average Bonchev–Trinajstić information content (AvgIpc) is 3.18. The van der Waals surface area contributed by atoms with Gasteiger partial charge in [0.05, 0.1) is 11.9 Å². The van der Waals surface area contributed by atoms with Crippen LogP contribution in [0, 0.1) is 6.92 Å². The molecule has 41 heavy (non-hydrogen) atoms. The van der Waals surface area contributed by atoms with E-state index in [9.17, 15) is 9.90 Å². The van der Waals surface area contributed by atoms with Crippen LogP contribution >= 0.6 is 0 Å². The molecular weight excluding hydrogens is 512 g/mol. The zero-order valence-electron chi connectivity index (χ0n) is 24.0. The lowest BCUT2D eigenvalue weighted by Gasteiger charge is -2.35. The summed E-state index contributed by atoms with van der Waals surface area (Å²) in [6, 6.07) is 19.4. The highest BCUT2D eigenvalue weighted by atomic mass is 16.5. The first-order valence-electron chi connectivity index (χ1n) is 14.8. The quantitative estimate of drug-likeness (QED) is 0.255. The lowest BCUT2D eigenvalue weighted by molar-refractivity contribution is 0.0686. The number of aromatic nitrogens is 3. The largest absolute Gasteiger partial charge is 0.488 e. The third-order valence-electron chi connectivity index (χ3n) is 8.71. The van der Waals surface area contributed by atoms with Crippen molar-refractivity contribution in [3.63, 3.8) is 0 Å². The van der Waals surface area contributed by atoms with E-state index in [1.54, 1.807) is 11.6 Å². The van der Waals surface area contributed by atoms with Gasteiger partial charge in [0.1, 0.15) is 23.7 Å². The van der Waals surface area contributed by atoms with Gasteiger partial charge in [-0.15, -0.1) is 0 Å². The molecule has 1 aliphatic carbocycles. The Bertz CT molecular complexity index is 1550. The third-order valence-corrected chi connectivity index (χ3v) is 8.71. The first kappa shape index (κ1) is 27.2. The Hall–Kier alpha value is -3.97. The van der Waals surface area contributed by atoms with Gasteiger partial charge in [-0.1, -0.05) is 62.1 Å².